The molecule has 4 fully saturated rings. The maximum Gasteiger partial charge on any atom is 0.303 e. The van der Waals surface area contributed by atoms with Crippen molar-refractivity contribution in [3.8, 4) is 0 Å². The highest BCUT2D eigenvalue weighted by molar-refractivity contribution is 5.66. The minimum atomic E-state index is -0.745. The molecular weight excluding hydrogens is 360 g/mol. The van der Waals surface area contributed by atoms with Crippen LogP contribution in [0.1, 0.15) is 105 Å². The van der Waals surface area contributed by atoms with Crippen LogP contribution in [0.25, 0.3) is 0 Å². The summed E-state index contributed by atoms with van der Waals surface area (Å²) in [5.41, 5.74) is 1.31. The largest absolute Gasteiger partial charge is 0.481 e. The summed E-state index contributed by atoms with van der Waals surface area (Å²) in [7, 11) is 0. The Kier molecular flexibility index (Phi) is 7.40. The van der Waals surface area contributed by atoms with E-state index < -0.39 is 5.97 Å². The Balaban J connectivity index is 0.000000431. The number of carboxylic acids is 1. The average molecular weight is 407 g/mol. The highest BCUT2D eigenvalue weighted by Crippen LogP contribution is 2.67. The number of carbonyl (C=O) groups is 1. The van der Waals surface area contributed by atoms with Crippen LogP contribution in [0.4, 0.5) is 0 Å². The molecule has 3 heteroatoms. The zero-order valence-corrected chi connectivity index (χ0v) is 19.7. The number of rotatable bonds is 4. The third kappa shape index (κ3) is 4.27. The van der Waals surface area contributed by atoms with Crippen molar-refractivity contribution < 1.29 is 14.6 Å². The minimum absolute atomic E-state index is 0.222. The molecule has 0 radical (unpaired) electrons. The van der Waals surface area contributed by atoms with Crippen molar-refractivity contribution in [3.63, 3.8) is 0 Å². The SMILES string of the molecule is CCC(=O)O.CCOC1CCC2(C)C(CCC3C4CCC(CC)C4(C)CCC32)C1. The summed E-state index contributed by atoms with van der Waals surface area (Å²) < 4.78 is 6.03. The monoisotopic (exact) mass is 406 g/mol. The summed E-state index contributed by atoms with van der Waals surface area (Å²) >= 11 is 0. The Hall–Kier alpha value is -0.570. The highest BCUT2D eigenvalue weighted by atomic mass is 16.5. The maximum absolute atomic E-state index is 9.37. The van der Waals surface area contributed by atoms with Gasteiger partial charge in [-0.05, 0) is 105 Å². The van der Waals surface area contributed by atoms with Gasteiger partial charge in [-0.2, -0.15) is 0 Å². The van der Waals surface area contributed by atoms with Gasteiger partial charge in [0.25, 0.3) is 0 Å². The first-order valence-electron chi connectivity index (χ1n) is 12.6. The first-order valence-corrected chi connectivity index (χ1v) is 12.6. The van der Waals surface area contributed by atoms with E-state index in [1.165, 1.54) is 57.8 Å². The number of carboxylic acid groups (broad SMARTS) is 1. The lowest BCUT2D eigenvalue weighted by Crippen LogP contribution is -2.54. The summed E-state index contributed by atoms with van der Waals surface area (Å²) in [5.74, 6) is 4.32. The van der Waals surface area contributed by atoms with Crippen molar-refractivity contribution in [3.05, 3.63) is 0 Å². The molecule has 0 bridgehead atoms. The number of hydrogen-bond donors (Lipinski definition) is 1. The van der Waals surface area contributed by atoms with Gasteiger partial charge in [0.1, 0.15) is 0 Å². The van der Waals surface area contributed by atoms with Crippen molar-refractivity contribution in [1.82, 2.24) is 0 Å². The van der Waals surface area contributed by atoms with E-state index in [2.05, 4.69) is 27.7 Å². The van der Waals surface area contributed by atoms with Gasteiger partial charge in [0, 0.05) is 13.0 Å². The van der Waals surface area contributed by atoms with Gasteiger partial charge >= 0.3 is 5.97 Å². The molecule has 0 aliphatic heterocycles. The lowest BCUT2D eigenvalue weighted by Gasteiger charge is -2.61. The fraction of sp³-hybridized carbons (Fsp3) is 0.962. The molecule has 0 saturated heterocycles. The molecule has 4 rings (SSSR count). The summed E-state index contributed by atoms with van der Waals surface area (Å²) in [6, 6.07) is 0. The van der Waals surface area contributed by atoms with E-state index in [0.717, 1.165) is 36.2 Å². The average Bonchev–Trinajstić information content (AvgIpc) is 3.05. The van der Waals surface area contributed by atoms with Gasteiger partial charge in [-0.3, -0.25) is 4.79 Å². The van der Waals surface area contributed by atoms with E-state index in [-0.39, 0.29) is 6.42 Å². The molecule has 0 aromatic rings. The second-order valence-corrected chi connectivity index (χ2v) is 11.0. The van der Waals surface area contributed by atoms with Gasteiger partial charge < -0.3 is 9.84 Å². The number of aliphatic carboxylic acids is 1. The number of ether oxygens (including phenoxy) is 1. The molecule has 1 N–H and O–H groups in total. The molecule has 8 atom stereocenters. The van der Waals surface area contributed by atoms with Gasteiger partial charge in [-0.25, -0.2) is 0 Å². The Morgan fingerprint density at radius 2 is 1.59 bits per heavy atom. The molecule has 4 aliphatic rings. The van der Waals surface area contributed by atoms with Crippen LogP contribution in [-0.2, 0) is 9.53 Å². The fourth-order valence-electron chi connectivity index (χ4n) is 8.39. The van der Waals surface area contributed by atoms with Crippen molar-refractivity contribution >= 4 is 5.97 Å². The maximum atomic E-state index is 9.37. The first-order chi connectivity index (χ1) is 13.8. The van der Waals surface area contributed by atoms with Gasteiger partial charge in [0.2, 0.25) is 0 Å². The van der Waals surface area contributed by atoms with Gasteiger partial charge in [-0.1, -0.05) is 34.1 Å². The Bertz CT molecular complexity index is 560. The zero-order valence-electron chi connectivity index (χ0n) is 19.7. The Labute approximate surface area is 179 Å². The van der Waals surface area contributed by atoms with Crippen molar-refractivity contribution in [2.45, 2.75) is 111 Å². The van der Waals surface area contributed by atoms with Crippen LogP contribution < -0.4 is 0 Å². The predicted molar refractivity (Wildman–Crippen MR) is 119 cm³/mol. The van der Waals surface area contributed by atoms with Crippen LogP contribution >= 0.6 is 0 Å². The van der Waals surface area contributed by atoms with Crippen LogP contribution in [0, 0.1) is 40.4 Å². The van der Waals surface area contributed by atoms with Gasteiger partial charge in [0.05, 0.1) is 6.10 Å². The third-order valence-corrected chi connectivity index (χ3v) is 10.0. The number of fused-ring (bicyclic) bond motifs is 5. The van der Waals surface area contributed by atoms with Crippen LogP contribution in [0.15, 0.2) is 0 Å². The standard InChI is InChI=1S/C23H40O.C3H6O2/c1-5-16-8-10-20-19-9-7-17-15-18(24-6-2)11-13-23(17,4)21(19)12-14-22(16,20)3;1-2-3(4)5/h16-21H,5-15H2,1-4H3;2H2,1H3,(H,4,5). The molecule has 8 unspecified atom stereocenters. The van der Waals surface area contributed by atoms with Crippen LogP contribution in [-0.4, -0.2) is 23.8 Å². The first kappa shape index (κ1) is 23.1. The zero-order chi connectivity index (χ0) is 21.2. The van der Waals surface area contributed by atoms with E-state index in [9.17, 15) is 4.79 Å². The van der Waals surface area contributed by atoms with Crippen LogP contribution in [0.2, 0.25) is 0 Å². The molecule has 4 saturated carbocycles. The summed E-state index contributed by atoms with van der Waals surface area (Å²) in [6.07, 6.45) is 15.4. The fourth-order valence-corrected chi connectivity index (χ4v) is 8.39. The normalized spacial score (nSPS) is 46.0. The minimum Gasteiger partial charge on any atom is -0.481 e. The predicted octanol–water partition coefficient (Wildman–Crippen LogP) is 6.94. The molecule has 0 spiro atoms. The van der Waals surface area contributed by atoms with Crippen molar-refractivity contribution in [1.29, 1.82) is 0 Å². The van der Waals surface area contributed by atoms with Crippen LogP contribution in [0.3, 0.4) is 0 Å². The molecule has 0 aromatic carbocycles. The molecule has 3 nitrogen and oxygen atoms in total. The Morgan fingerprint density at radius 1 is 0.931 bits per heavy atom. The summed E-state index contributed by atoms with van der Waals surface area (Å²) in [4.78, 5) is 9.37. The molecule has 0 aromatic heterocycles. The van der Waals surface area contributed by atoms with E-state index in [0.29, 0.717) is 16.9 Å². The number of hydrogen-bond acceptors (Lipinski definition) is 2. The lowest BCUT2D eigenvalue weighted by molar-refractivity contribution is -0.136. The van der Waals surface area contributed by atoms with E-state index in [1.54, 1.807) is 13.3 Å². The lowest BCUT2D eigenvalue weighted by atomic mass is 9.44. The highest BCUT2D eigenvalue weighted by Gasteiger charge is 2.59. The van der Waals surface area contributed by atoms with Gasteiger partial charge in [-0.15, -0.1) is 0 Å². The summed E-state index contributed by atoms with van der Waals surface area (Å²) in [5, 5.41) is 7.72. The summed E-state index contributed by atoms with van der Waals surface area (Å²) in [6.45, 7) is 12.5. The molecule has 29 heavy (non-hydrogen) atoms. The molecule has 4 aliphatic carbocycles. The van der Waals surface area contributed by atoms with E-state index in [1.807, 2.05) is 0 Å². The van der Waals surface area contributed by atoms with E-state index in [4.69, 9.17) is 9.84 Å². The third-order valence-electron chi connectivity index (χ3n) is 10.0. The molecular formula is C26H46O3. The quantitative estimate of drug-likeness (QED) is 0.550. The Morgan fingerprint density at radius 3 is 2.21 bits per heavy atom. The second kappa shape index (κ2) is 9.28. The molecule has 0 amide bonds. The molecule has 0 heterocycles. The smallest absolute Gasteiger partial charge is 0.303 e. The van der Waals surface area contributed by atoms with Crippen molar-refractivity contribution in [2.24, 2.45) is 40.4 Å². The van der Waals surface area contributed by atoms with E-state index >= 15 is 0 Å². The van der Waals surface area contributed by atoms with Gasteiger partial charge in [0.15, 0.2) is 0 Å². The topological polar surface area (TPSA) is 46.5 Å². The molecule has 168 valence electrons. The van der Waals surface area contributed by atoms with Crippen molar-refractivity contribution in [2.75, 3.05) is 6.61 Å². The second-order valence-electron chi connectivity index (χ2n) is 11.0. The van der Waals surface area contributed by atoms with Crippen LogP contribution in [0.5, 0.6) is 0 Å².